The number of aryl methyl sites for hydroxylation is 2. The van der Waals surface area contributed by atoms with E-state index in [0.29, 0.717) is 36.2 Å². The first kappa shape index (κ1) is 21.8. The maximum Gasteiger partial charge on any atom is 0.244 e. The van der Waals surface area contributed by atoms with Gasteiger partial charge in [-0.1, -0.05) is 6.07 Å². The third-order valence-corrected chi connectivity index (χ3v) is 4.46. The highest BCUT2D eigenvalue weighted by Gasteiger charge is 2.06. The number of aromatic nitrogens is 4. The number of nitrogens with zero attached hydrogens (tertiary/aromatic N) is 4. The van der Waals surface area contributed by atoms with E-state index in [2.05, 4.69) is 25.6 Å². The first-order chi connectivity index (χ1) is 15.0. The van der Waals surface area contributed by atoms with Crippen LogP contribution >= 0.6 is 0 Å². The van der Waals surface area contributed by atoms with Gasteiger partial charge < -0.3 is 20.1 Å². The smallest absolute Gasteiger partial charge is 0.244 e. The number of carbonyl (C=O) groups is 1. The van der Waals surface area contributed by atoms with Gasteiger partial charge >= 0.3 is 0 Å². The van der Waals surface area contributed by atoms with Crippen LogP contribution in [0.25, 0.3) is 11.9 Å². The SMILES string of the molecule is COc1ccc(C=CC(=O)NCCNc2cc(-n3ccnc3C)nc(C)n2)cc1OC. The molecule has 9 heteroatoms. The highest BCUT2D eigenvalue weighted by Crippen LogP contribution is 2.27. The van der Waals surface area contributed by atoms with Crippen LogP contribution in [0.1, 0.15) is 17.2 Å². The van der Waals surface area contributed by atoms with E-state index in [1.54, 1.807) is 38.6 Å². The van der Waals surface area contributed by atoms with Gasteiger partial charge in [-0.15, -0.1) is 0 Å². The number of imidazole rings is 1. The Kier molecular flexibility index (Phi) is 7.21. The molecule has 0 saturated heterocycles. The maximum atomic E-state index is 12.1. The van der Waals surface area contributed by atoms with Gasteiger partial charge in [0.1, 0.15) is 23.3 Å². The third kappa shape index (κ3) is 5.81. The zero-order valence-electron chi connectivity index (χ0n) is 18.0. The fraction of sp³-hybridized carbons (Fsp3) is 0.273. The second kappa shape index (κ2) is 10.2. The zero-order chi connectivity index (χ0) is 22.2. The van der Waals surface area contributed by atoms with Crippen molar-refractivity contribution in [1.29, 1.82) is 0 Å². The molecule has 0 aliphatic heterocycles. The molecule has 0 saturated carbocycles. The normalized spacial score (nSPS) is 10.8. The number of methoxy groups -OCH3 is 2. The van der Waals surface area contributed by atoms with E-state index >= 15 is 0 Å². The van der Waals surface area contributed by atoms with Crippen molar-refractivity contribution in [3.63, 3.8) is 0 Å². The molecule has 162 valence electrons. The fourth-order valence-electron chi connectivity index (χ4n) is 2.95. The van der Waals surface area contributed by atoms with Crippen molar-refractivity contribution < 1.29 is 14.3 Å². The van der Waals surface area contributed by atoms with Gasteiger partial charge in [0.15, 0.2) is 11.5 Å². The minimum atomic E-state index is -0.190. The van der Waals surface area contributed by atoms with E-state index in [1.165, 1.54) is 6.08 Å². The Labute approximate surface area is 181 Å². The molecule has 1 amide bonds. The van der Waals surface area contributed by atoms with E-state index in [1.807, 2.05) is 36.7 Å². The highest BCUT2D eigenvalue weighted by atomic mass is 16.5. The van der Waals surface area contributed by atoms with Crippen LogP contribution in [-0.2, 0) is 4.79 Å². The van der Waals surface area contributed by atoms with Gasteiger partial charge in [-0.25, -0.2) is 15.0 Å². The van der Waals surface area contributed by atoms with Crippen LogP contribution < -0.4 is 20.1 Å². The molecule has 0 spiro atoms. The molecule has 3 aromatic rings. The van der Waals surface area contributed by atoms with Gasteiger partial charge in [-0.05, 0) is 37.6 Å². The lowest BCUT2D eigenvalue weighted by Crippen LogP contribution is -2.27. The molecule has 31 heavy (non-hydrogen) atoms. The summed E-state index contributed by atoms with van der Waals surface area (Å²) in [5.41, 5.74) is 0.838. The minimum absolute atomic E-state index is 0.190. The fourth-order valence-corrected chi connectivity index (χ4v) is 2.95. The quantitative estimate of drug-likeness (QED) is 0.403. The van der Waals surface area contributed by atoms with E-state index in [4.69, 9.17) is 9.47 Å². The highest BCUT2D eigenvalue weighted by molar-refractivity contribution is 5.91. The Morgan fingerprint density at radius 2 is 1.90 bits per heavy atom. The van der Waals surface area contributed by atoms with Crippen LogP contribution in [0.5, 0.6) is 11.5 Å². The summed E-state index contributed by atoms with van der Waals surface area (Å²) in [6.07, 6.45) is 6.78. The number of hydrogen-bond acceptors (Lipinski definition) is 7. The van der Waals surface area contributed by atoms with Crippen LogP contribution in [0.3, 0.4) is 0 Å². The Morgan fingerprint density at radius 1 is 1.10 bits per heavy atom. The van der Waals surface area contributed by atoms with E-state index in [0.717, 1.165) is 17.2 Å². The monoisotopic (exact) mass is 422 g/mol. The van der Waals surface area contributed by atoms with Crippen molar-refractivity contribution in [2.45, 2.75) is 13.8 Å². The number of nitrogens with one attached hydrogen (secondary N) is 2. The molecule has 0 unspecified atom stereocenters. The van der Waals surface area contributed by atoms with Crippen molar-refractivity contribution >= 4 is 17.8 Å². The molecule has 0 bridgehead atoms. The predicted molar refractivity (Wildman–Crippen MR) is 119 cm³/mol. The lowest BCUT2D eigenvalue weighted by atomic mass is 10.2. The molecule has 2 N–H and O–H groups in total. The van der Waals surface area contributed by atoms with Crippen molar-refractivity contribution in [2.75, 3.05) is 32.6 Å². The Morgan fingerprint density at radius 3 is 2.61 bits per heavy atom. The lowest BCUT2D eigenvalue weighted by molar-refractivity contribution is -0.116. The molecule has 2 aromatic heterocycles. The first-order valence-corrected chi connectivity index (χ1v) is 9.78. The molecule has 1 aromatic carbocycles. The summed E-state index contributed by atoms with van der Waals surface area (Å²) in [6, 6.07) is 7.30. The zero-order valence-corrected chi connectivity index (χ0v) is 18.0. The summed E-state index contributed by atoms with van der Waals surface area (Å²) < 4.78 is 12.4. The van der Waals surface area contributed by atoms with Crippen molar-refractivity contribution in [2.24, 2.45) is 0 Å². The van der Waals surface area contributed by atoms with Gasteiger partial charge in [0.05, 0.1) is 14.2 Å². The number of anilines is 1. The standard InChI is InChI=1S/C22H26N6O3/c1-15-26-20(14-21(27-15)28-12-11-23-16(28)2)24-9-10-25-22(29)8-6-17-5-7-18(30-3)19(13-17)31-4/h5-8,11-14H,9-10H2,1-4H3,(H,25,29)(H,24,26,27). The second-order valence-corrected chi connectivity index (χ2v) is 6.67. The van der Waals surface area contributed by atoms with Crippen LogP contribution in [0, 0.1) is 13.8 Å². The number of benzene rings is 1. The molecular formula is C22H26N6O3. The van der Waals surface area contributed by atoms with Gasteiger partial charge in [0.25, 0.3) is 0 Å². The number of ether oxygens (including phenoxy) is 2. The minimum Gasteiger partial charge on any atom is -0.493 e. The molecule has 0 aliphatic carbocycles. The van der Waals surface area contributed by atoms with Crippen LogP contribution in [-0.4, -0.2) is 52.7 Å². The summed E-state index contributed by atoms with van der Waals surface area (Å²) in [6.45, 7) is 4.71. The predicted octanol–water partition coefficient (Wildman–Crippen LogP) is 2.54. The van der Waals surface area contributed by atoms with Crippen LogP contribution in [0.15, 0.2) is 42.7 Å². The molecule has 9 nitrogen and oxygen atoms in total. The molecule has 2 heterocycles. The molecule has 3 rings (SSSR count). The average Bonchev–Trinajstić information content (AvgIpc) is 3.20. The van der Waals surface area contributed by atoms with Crippen molar-refractivity contribution in [3.8, 4) is 17.3 Å². The summed E-state index contributed by atoms with van der Waals surface area (Å²) in [5.74, 6) is 3.98. The summed E-state index contributed by atoms with van der Waals surface area (Å²) >= 11 is 0. The topological polar surface area (TPSA) is 103 Å². The lowest BCUT2D eigenvalue weighted by Gasteiger charge is -2.10. The maximum absolute atomic E-state index is 12.1. The summed E-state index contributed by atoms with van der Waals surface area (Å²) in [4.78, 5) is 25.1. The molecule has 0 aliphatic rings. The van der Waals surface area contributed by atoms with Gasteiger partial charge in [-0.2, -0.15) is 0 Å². The molecule has 0 fully saturated rings. The van der Waals surface area contributed by atoms with E-state index < -0.39 is 0 Å². The number of amides is 1. The van der Waals surface area contributed by atoms with Gasteiger partial charge in [-0.3, -0.25) is 9.36 Å². The largest absolute Gasteiger partial charge is 0.493 e. The number of carbonyl (C=O) groups excluding carboxylic acids is 1. The molecule has 0 radical (unpaired) electrons. The third-order valence-electron chi connectivity index (χ3n) is 4.46. The molecular weight excluding hydrogens is 396 g/mol. The average molecular weight is 422 g/mol. The van der Waals surface area contributed by atoms with Crippen LogP contribution in [0.4, 0.5) is 5.82 Å². The second-order valence-electron chi connectivity index (χ2n) is 6.67. The summed E-state index contributed by atoms with van der Waals surface area (Å²) in [5, 5.41) is 6.05. The first-order valence-electron chi connectivity index (χ1n) is 9.78. The van der Waals surface area contributed by atoms with E-state index in [9.17, 15) is 4.79 Å². The Balaban J connectivity index is 1.51. The Hall–Kier alpha value is -3.88. The van der Waals surface area contributed by atoms with Gasteiger partial charge in [0, 0.05) is 37.6 Å². The Bertz CT molecular complexity index is 1080. The summed E-state index contributed by atoms with van der Waals surface area (Å²) in [7, 11) is 3.15. The van der Waals surface area contributed by atoms with Gasteiger partial charge in [0.2, 0.25) is 5.91 Å². The van der Waals surface area contributed by atoms with E-state index in [-0.39, 0.29) is 5.91 Å². The molecule has 0 atom stereocenters. The van der Waals surface area contributed by atoms with Crippen molar-refractivity contribution in [3.05, 3.63) is 59.9 Å². The number of rotatable bonds is 9. The van der Waals surface area contributed by atoms with Crippen LogP contribution in [0.2, 0.25) is 0 Å². The van der Waals surface area contributed by atoms with Crippen molar-refractivity contribution in [1.82, 2.24) is 24.8 Å². The number of hydrogen-bond donors (Lipinski definition) is 2.